The van der Waals surface area contributed by atoms with Gasteiger partial charge in [-0.3, -0.25) is 14.3 Å². The fraction of sp³-hybridized carbons (Fsp3) is 0.450. The topological polar surface area (TPSA) is 58.4 Å². The van der Waals surface area contributed by atoms with Crippen LogP contribution in [0.25, 0.3) is 0 Å². The van der Waals surface area contributed by atoms with E-state index in [9.17, 15) is 9.59 Å². The maximum absolute atomic E-state index is 12.8. The van der Waals surface area contributed by atoms with Gasteiger partial charge in [-0.05, 0) is 43.0 Å². The molecule has 142 valence electrons. The van der Waals surface area contributed by atoms with Crippen LogP contribution in [0.1, 0.15) is 34.6 Å². The van der Waals surface area contributed by atoms with E-state index in [1.807, 2.05) is 27.8 Å². The molecular formula is C20H23ClN4O2. The van der Waals surface area contributed by atoms with Crippen LogP contribution < -0.4 is 0 Å². The van der Waals surface area contributed by atoms with Crippen LogP contribution in [0.5, 0.6) is 0 Å². The van der Waals surface area contributed by atoms with Crippen molar-refractivity contribution in [2.45, 2.75) is 32.2 Å². The number of carbonyl (C=O) groups excluding carboxylic acids is 2. The lowest BCUT2D eigenvalue weighted by Gasteiger charge is -2.34. The van der Waals surface area contributed by atoms with E-state index < -0.39 is 0 Å². The minimum absolute atomic E-state index is 0.0262. The molecule has 2 aliphatic heterocycles. The largest absolute Gasteiger partial charge is 0.339 e. The Labute approximate surface area is 163 Å². The molecule has 0 atom stereocenters. The second kappa shape index (κ2) is 7.72. The molecule has 0 radical (unpaired) electrons. The van der Waals surface area contributed by atoms with E-state index in [-0.39, 0.29) is 11.8 Å². The highest BCUT2D eigenvalue weighted by molar-refractivity contribution is 6.30. The third-order valence-electron chi connectivity index (χ3n) is 5.32. The van der Waals surface area contributed by atoms with Gasteiger partial charge in [-0.25, -0.2) is 0 Å². The zero-order valence-corrected chi connectivity index (χ0v) is 16.0. The number of aromatic nitrogens is 2. The van der Waals surface area contributed by atoms with E-state index in [2.05, 4.69) is 5.10 Å². The van der Waals surface area contributed by atoms with Crippen molar-refractivity contribution >= 4 is 23.4 Å². The highest BCUT2D eigenvalue weighted by atomic mass is 35.5. The molecule has 1 saturated heterocycles. The van der Waals surface area contributed by atoms with Crippen LogP contribution in [0.4, 0.5) is 0 Å². The molecule has 2 amide bonds. The first kappa shape index (κ1) is 18.0. The molecule has 0 spiro atoms. The van der Waals surface area contributed by atoms with Gasteiger partial charge in [0.1, 0.15) is 0 Å². The minimum Gasteiger partial charge on any atom is -0.339 e. The summed E-state index contributed by atoms with van der Waals surface area (Å²) >= 11 is 5.89. The van der Waals surface area contributed by atoms with Crippen LogP contribution in [0.15, 0.2) is 30.3 Å². The van der Waals surface area contributed by atoms with Crippen molar-refractivity contribution < 1.29 is 9.59 Å². The van der Waals surface area contributed by atoms with Gasteiger partial charge in [-0.2, -0.15) is 5.10 Å². The Balaban J connectivity index is 1.33. The van der Waals surface area contributed by atoms with Gasteiger partial charge in [0.25, 0.3) is 5.91 Å². The zero-order chi connectivity index (χ0) is 18.8. The maximum Gasteiger partial charge on any atom is 0.274 e. The number of aryl methyl sites for hydroxylation is 2. The smallest absolute Gasteiger partial charge is 0.274 e. The molecular weight excluding hydrogens is 364 g/mol. The first-order chi connectivity index (χ1) is 13.1. The Morgan fingerprint density at radius 2 is 1.67 bits per heavy atom. The molecule has 0 unspecified atom stereocenters. The molecule has 4 rings (SSSR count). The van der Waals surface area contributed by atoms with Gasteiger partial charge >= 0.3 is 0 Å². The molecule has 0 bridgehead atoms. The number of carbonyl (C=O) groups is 2. The van der Waals surface area contributed by atoms with Crippen LogP contribution in [-0.2, 0) is 24.2 Å². The average Bonchev–Trinajstić information content (AvgIpc) is 3.13. The molecule has 0 aliphatic carbocycles. The summed E-state index contributed by atoms with van der Waals surface area (Å²) in [7, 11) is 0. The predicted octanol–water partition coefficient (Wildman–Crippen LogP) is 2.40. The molecule has 1 aromatic heterocycles. The molecule has 1 aromatic carbocycles. The van der Waals surface area contributed by atoms with Gasteiger partial charge in [-0.1, -0.05) is 23.7 Å². The lowest BCUT2D eigenvalue weighted by molar-refractivity contribution is -0.131. The number of benzene rings is 1. The van der Waals surface area contributed by atoms with Crippen molar-refractivity contribution in [2.75, 3.05) is 26.2 Å². The number of halogens is 1. The average molecular weight is 387 g/mol. The number of hydrogen-bond donors (Lipinski definition) is 0. The van der Waals surface area contributed by atoms with Crippen LogP contribution in [0.3, 0.4) is 0 Å². The summed E-state index contributed by atoms with van der Waals surface area (Å²) in [4.78, 5) is 28.9. The van der Waals surface area contributed by atoms with Crippen LogP contribution >= 0.6 is 11.6 Å². The van der Waals surface area contributed by atoms with Gasteiger partial charge < -0.3 is 9.80 Å². The molecule has 1 fully saturated rings. The Kier molecular flexibility index (Phi) is 5.16. The van der Waals surface area contributed by atoms with Crippen molar-refractivity contribution in [3.63, 3.8) is 0 Å². The zero-order valence-electron chi connectivity index (χ0n) is 15.2. The molecule has 2 aromatic rings. The Hall–Kier alpha value is -2.34. The monoisotopic (exact) mass is 386 g/mol. The van der Waals surface area contributed by atoms with Gasteiger partial charge in [0.2, 0.25) is 5.91 Å². The van der Waals surface area contributed by atoms with Crippen LogP contribution in [0.2, 0.25) is 5.02 Å². The van der Waals surface area contributed by atoms with Crippen LogP contribution in [0, 0.1) is 0 Å². The Morgan fingerprint density at radius 3 is 2.37 bits per heavy atom. The SMILES string of the molecule is O=C(Cc1ccc(Cl)cc1)N1CCN(C(=O)c2cc3n(n2)CCCC3)CC1. The second-order valence-corrected chi connectivity index (χ2v) is 7.61. The van der Waals surface area contributed by atoms with Gasteiger partial charge in [0.15, 0.2) is 5.69 Å². The van der Waals surface area contributed by atoms with Crippen molar-refractivity contribution in [3.05, 3.63) is 52.3 Å². The van der Waals surface area contributed by atoms with E-state index >= 15 is 0 Å². The lowest BCUT2D eigenvalue weighted by atomic mass is 10.1. The number of rotatable bonds is 3. The number of amides is 2. The summed E-state index contributed by atoms with van der Waals surface area (Å²) in [5.41, 5.74) is 2.64. The number of nitrogens with zero attached hydrogens (tertiary/aromatic N) is 4. The fourth-order valence-electron chi connectivity index (χ4n) is 3.73. The van der Waals surface area contributed by atoms with Crippen molar-refractivity contribution in [1.82, 2.24) is 19.6 Å². The third-order valence-corrected chi connectivity index (χ3v) is 5.58. The quantitative estimate of drug-likeness (QED) is 0.813. The normalized spacial score (nSPS) is 16.9. The molecule has 3 heterocycles. The van der Waals surface area contributed by atoms with Crippen molar-refractivity contribution in [2.24, 2.45) is 0 Å². The maximum atomic E-state index is 12.8. The first-order valence-electron chi connectivity index (χ1n) is 9.48. The standard InChI is InChI=1S/C20H23ClN4O2/c21-16-6-4-15(5-7-16)13-19(26)23-9-11-24(12-10-23)20(27)18-14-17-3-1-2-8-25(17)22-18/h4-7,14H,1-3,8-13H2. The highest BCUT2D eigenvalue weighted by Gasteiger charge is 2.27. The molecule has 7 heteroatoms. The summed E-state index contributed by atoms with van der Waals surface area (Å²) in [5, 5.41) is 5.14. The Bertz CT molecular complexity index is 815. The third kappa shape index (κ3) is 4.00. The summed E-state index contributed by atoms with van der Waals surface area (Å²) < 4.78 is 1.96. The number of piperazine rings is 1. The molecule has 0 N–H and O–H groups in total. The lowest BCUT2D eigenvalue weighted by Crippen LogP contribution is -2.51. The number of fused-ring (bicyclic) bond motifs is 1. The van der Waals surface area contributed by atoms with Crippen molar-refractivity contribution in [1.29, 1.82) is 0 Å². The minimum atomic E-state index is -0.0262. The van der Waals surface area contributed by atoms with E-state index in [1.54, 1.807) is 17.0 Å². The van der Waals surface area contributed by atoms with E-state index in [4.69, 9.17) is 11.6 Å². The van der Waals surface area contributed by atoms with Gasteiger partial charge in [0, 0.05) is 43.4 Å². The molecule has 6 nitrogen and oxygen atoms in total. The van der Waals surface area contributed by atoms with Crippen molar-refractivity contribution in [3.8, 4) is 0 Å². The van der Waals surface area contributed by atoms with Gasteiger partial charge in [0.05, 0.1) is 6.42 Å². The predicted molar refractivity (Wildman–Crippen MR) is 103 cm³/mol. The van der Waals surface area contributed by atoms with Gasteiger partial charge in [-0.15, -0.1) is 0 Å². The number of hydrogen-bond acceptors (Lipinski definition) is 3. The van der Waals surface area contributed by atoms with Crippen LogP contribution in [-0.4, -0.2) is 57.6 Å². The van der Waals surface area contributed by atoms with E-state index in [0.717, 1.165) is 37.1 Å². The molecule has 0 saturated carbocycles. The summed E-state index contributed by atoms with van der Waals surface area (Å²) in [6, 6.07) is 9.27. The van der Waals surface area contributed by atoms with E-state index in [0.29, 0.717) is 43.3 Å². The summed E-state index contributed by atoms with van der Waals surface area (Å²) in [5.74, 6) is 0.0589. The summed E-state index contributed by atoms with van der Waals surface area (Å²) in [6.45, 7) is 3.12. The second-order valence-electron chi connectivity index (χ2n) is 7.18. The highest BCUT2D eigenvalue weighted by Crippen LogP contribution is 2.17. The first-order valence-corrected chi connectivity index (χ1v) is 9.86. The fourth-order valence-corrected chi connectivity index (χ4v) is 3.86. The Morgan fingerprint density at radius 1 is 0.963 bits per heavy atom. The molecule has 2 aliphatic rings. The molecule has 27 heavy (non-hydrogen) atoms. The summed E-state index contributed by atoms with van der Waals surface area (Å²) in [6.07, 6.45) is 3.64. The van der Waals surface area contributed by atoms with E-state index in [1.165, 1.54) is 0 Å².